The quantitative estimate of drug-likeness (QED) is 0.603. The van der Waals surface area contributed by atoms with Gasteiger partial charge in [-0.15, -0.1) is 0 Å². The first-order valence-corrected chi connectivity index (χ1v) is 7.07. The Balaban J connectivity index is 2.62. The topological polar surface area (TPSA) is 0 Å². The molecule has 0 bridgehead atoms. The summed E-state index contributed by atoms with van der Waals surface area (Å²) in [6.45, 7) is 12.1. The fourth-order valence-corrected chi connectivity index (χ4v) is 3.46. The third-order valence-corrected chi connectivity index (χ3v) is 4.95. The number of hydrogen-bond acceptors (Lipinski definition) is 0. The summed E-state index contributed by atoms with van der Waals surface area (Å²) in [7, 11) is 0. The first kappa shape index (κ1) is 13.1. The molecule has 0 aromatic heterocycles. The molecule has 0 aromatic rings. The van der Waals surface area contributed by atoms with Gasteiger partial charge in [-0.05, 0) is 42.4 Å². The molecule has 1 aliphatic rings. The zero-order chi connectivity index (χ0) is 11.4. The van der Waals surface area contributed by atoms with Crippen LogP contribution in [0.4, 0.5) is 0 Å². The highest BCUT2D eigenvalue weighted by Crippen LogP contribution is 2.42. The van der Waals surface area contributed by atoms with E-state index in [0.29, 0.717) is 0 Å². The minimum atomic E-state index is 0.891. The van der Waals surface area contributed by atoms with Crippen LogP contribution in [0.15, 0.2) is 0 Å². The predicted octanol–water partition coefficient (Wildman–Crippen LogP) is 5.13. The molecule has 4 atom stereocenters. The lowest BCUT2D eigenvalue weighted by atomic mass is 9.65. The third kappa shape index (κ3) is 3.23. The van der Waals surface area contributed by atoms with Crippen molar-refractivity contribution < 1.29 is 0 Å². The summed E-state index contributed by atoms with van der Waals surface area (Å²) in [5.41, 5.74) is 0. The van der Waals surface area contributed by atoms with Crippen LogP contribution in [0.25, 0.3) is 0 Å². The fraction of sp³-hybridized carbons (Fsp3) is 1.00. The van der Waals surface area contributed by atoms with E-state index in [9.17, 15) is 0 Å². The fourth-order valence-electron chi connectivity index (χ4n) is 3.46. The normalized spacial score (nSPS) is 31.6. The van der Waals surface area contributed by atoms with Crippen molar-refractivity contribution in [2.45, 2.75) is 66.7 Å². The summed E-state index contributed by atoms with van der Waals surface area (Å²) in [5, 5.41) is 0. The molecule has 1 aliphatic carbocycles. The lowest BCUT2D eigenvalue weighted by Gasteiger charge is -2.40. The molecule has 0 nitrogen and oxygen atoms in total. The molecule has 0 saturated heterocycles. The molecule has 0 spiro atoms. The molecule has 0 aliphatic heterocycles. The first-order chi connectivity index (χ1) is 7.07. The summed E-state index contributed by atoms with van der Waals surface area (Å²) >= 11 is 0. The van der Waals surface area contributed by atoms with Crippen molar-refractivity contribution in [2.75, 3.05) is 0 Å². The second-order valence-electron chi connectivity index (χ2n) is 6.10. The van der Waals surface area contributed by atoms with Gasteiger partial charge in [0.15, 0.2) is 0 Å². The van der Waals surface area contributed by atoms with Crippen LogP contribution in [-0.2, 0) is 0 Å². The van der Waals surface area contributed by atoms with Gasteiger partial charge < -0.3 is 0 Å². The van der Waals surface area contributed by atoms with Crippen LogP contribution in [0.2, 0.25) is 0 Å². The van der Waals surface area contributed by atoms with Gasteiger partial charge in [0.1, 0.15) is 0 Å². The van der Waals surface area contributed by atoms with Crippen LogP contribution in [0, 0.1) is 29.6 Å². The highest BCUT2D eigenvalue weighted by molar-refractivity contribution is 4.82. The maximum atomic E-state index is 2.50. The van der Waals surface area contributed by atoms with E-state index in [-0.39, 0.29) is 0 Å². The van der Waals surface area contributed by atoms with Crippen LogP contribution in [0.5, 0.6) is 0 Å². The second kappa shape index (κ2) is 5.92. The standard InChI is InChI=1S/C15H30/c1-6-12(4)13(5)15-10-8-7-9-14(15)11(2)3/h11-15H,6-10H2,1-5H3/t12?,13?,14?,15-/m0/s1. The zero-order valence-electron chi connectivity index (χ0n) is 11.4. The summed E-state index contributed by atoms with van der Waals surface area (Å²) < 4.78 is 0. The SMILES string of the molecule is CCC(C)C(C)[C@@H]1CCCCC1C(C)C. The minimum Gasteiger partial charge on any atom is -0.0651 e. The maximum Gasteiger partial charge on any atom is -0.0355 e. The molecule has 0 radical (unpaired) electrons. The van der Waals surface area contributed by atoms with E-state index in [1.54, 1.807) is 0 Å². The van der Waals surface area contributed by atoms with E-state index in [1.165, 1.54) is 32.1 Å². The van der Waals surface area contributed by atoms with E-state index in [0.717, 1.165) is 29.6 Å². The van der Waals surface area contributed by atoms with E-state index < -0.39 is 0 Å². The Kier molecular flexibility index (Phi) is 5.15. The Morgan fingerprint density at radius 2 is 1.47 bits per heavy atom. The van der Waals surface area contributed by atoms with Crippen molar-refractivity contribution in [1.29, 1.82) is 0 Å². The Morgan fingerprint density at radius 3 is 1.93 bits per heavy atom. The van der Waals surface area contributed by atoms with Crippen LogP contribution in [-0.4, -0.2) is 0 Å². The largest absolute Gasteiger partial charge is 0.0651 e. The minimum absolute atomic E-state index is 0.891. The van der Waals surface area contributed by atoms with Gasteiger partial charge in [-0.1, -0.05) is 53.9 Å². The van der Waals surface area contributed by atoms with Crippen molar-refractivity contribution >= 4 is 0 Å². The molecule has 15 heavy (non-hydrogen) atoms. The molecular weight excluding hydrogens is 180 g/mol. The molecule has 1 fully saturated rings. The van der Waals surface area contributed by atoms with Gasteiger partial charge in [-0.2, -0.15) is 0 Å². The summed E-state index contributed by atoms with van der Waals surface area (Å²) in [6, 6.07) is 0. The van der Waals surface area contributed by atoms with Crippen LogP contribution < -0.4 is 0 Å². The highest BCUT2D eigenvalue weighted by atomic mass is 14.4. The second-order valence-corrected chi connectivity index (χ2v) is 6.10. The third-order valence-electron chi connectivity index (χ3n) is 4.95. The van der Waals surface area contributed by atoms with Gasteiger partial charge in [0.2, 0.25) is 0 Å². The van der Waals surface area contributed by atoms with E-state index in [2.05, 4.69) is 34.6 Å². The van der Waals surface area contributed by atoms with Gasteiger partial charge in [0.05, 0.1) is 0 Å². The Labute approximate surface area is 96.8 Å². The van der Waals surface area contributed by atoms with Crippen molar-refractivity contribution in [3.05, 3.63) is 0 Å². The van der Waals surface area contributed by atoms with Crippen LogP contribution >= 0.6 is 0 Å². The van der Waals surface area contributed by atoms with Gasteiger partial charge >= 0.3 is 0 Å². The van der Waals surface area contributed by atoms with Gasteiger partial charge in [-0.3, -0.25) is 0 Å². The maximum absolute atomic E-state index is 2.50. The highest BCUT2D eigenvalue weighted by Gasteiger charge is 2.32. The Morgan fingerprint density at radius 1 is 0.933 bits per heavy atom. The van der Waals surface area contributed by atoms with Gasteiger partial charge in [-0.25, -0.2) is 0 Å². The van der Waals surface area contributed by atoms with Crippen molar-refractivity contribution in [2.24, 2.45) is 29.6 Å². The number of rotatable bonds is 4. The summed E-state index contributed by atoms with van der Waals surface area (Å²) in [4.78, 5) is 0. The molecule has 3 unspecified atom stereocenters. The molecule has 90 valence electrons. The predicted molar refractivity (Wildman–Crippen MR) is 68.9 cm³/mol. The molecule has 1 rings (SSSR count). The zero-order valence-corrected chi connectivity index (χ0v) is 11.4. The van der Waals surface area contributed by atoms with Crippen LogP contribution in [0.1, 0.15) is 66.7 Å². The first-order valence-electron chi connectivity index (χ1n) is 7.07. The molecule has 0 heteroatoms. The Bertz CT molecular complexity index is 171. The van der Waals surface area contributed by atoms with E-state index in [1.807, 2.05) is 0 Å². The molecule has 0 aromatic carbocycles. The molecule has 0 N–H and O–H groups in total. The monoisotopic (exact) mass is 210 g/mol. The summed E-state index contributed by atoms with van der Waals surface area (Å²) in [5.74, 6) is 4.75. The molecule has 1 saturated carbocycles. The van der Waals surface area contributed by atoms with Crippen molar-refractivity contribution in [3.8, 4) is 0 Å². The molecule has 0 amide bonds. The van der Waals surface area contributed by atoms with E-state index >= 15 is 0 Å². The summed E-state index contributed by atoms with van der Waals surface area (Å²) in [6.07, 6.45) is 7.29. The molecular formula is C15H30. The van der Waals surface area contributed by atoms with Crippen molar-refractivity contribution in [1.82, 2.24) is 0 Å². The average Bonchev–Trinajstić information content (AvgIpc) is 2.27. The average molecular weight is 210 g/mol. The molecule has 0 heterocycles. The van der Waals surface area contributed by atoms with Crippen LogP contribution in [0.3, 0.4) is 0 Å². The van der Waals surface area contributed by atoms with Gasteiger partial charge in [0, 0.05) is 0 Å². The van der Waals surface area contributed by atoms with Crippen molar-refractivity contribution in [3.63, 3.8) is 0 Å². The van der Waals surface area contributed by atoms with E-state index in [4.69, 9.17) is 0 Å². The lowest BCUT2D eigenvalue weighted by molar-refractivity contribution is 0.0981. The lowest BCUT2D eigenvalue weighted by Crippen LogP contribution is -2.31. The van der Waals surface area contributed by atoms with Gasteiger partial charge in [0.25, 0.3) is 0 Å². The Hall–Kier alpha value is 0. The smallest absolute Gasteiger partial charge is 0.0355 e. The number of hydrogen-bond donors (Lipinski definition) is 0.